The van der Waals surface area contributed by atoms with E-state index in [0.29, 0.717) is 0 Å². The number of carbonyl (C=O) groups excluding carboxylic acids is 1. The van der Waals surface area contributed by atoms with Gasteiger partial charge in [-0.3, -0.25) is 9.59 Å². The van der Waals surface area contributed by atoms with Crippen LogP contribution in [0.3, 0.4) is 0 Å². The van der Waals surface area contributed by atoms with Crippen LogP contribution in [0, 0.1) is 0 Å². The van der Waals surface area contributed by atoms with Crippen LogP contribution in [-0.4, -0.2) is 49.3 Å². The number of benzene rings is 2. The molecule has 0 saturated carbocycles. The molecule has 0 aliphatic heterocycles. The average Bonchev–Trinajstić information content (AvgIpc) is 2.56. The smallest absolute Gasteiger partial charge is 0.335 e. The van der Waals surface area contributed by atoms with Crippen LogP contribution in [0.25, 0.3) is 0 Å². The third-order valence-electron chi connectivity index (χ3n) is 3.47. The molecule has 2 aromatic rings. The first-order valence-electron chi connectivity index (χ1n) is 7.28. The van der Waals surface area contributed by atoms with E-state index >= 15 is 0 Å². The molecular formula is C17H13NO9. The molecule has 1 amide bonds. The Hall–Kier alpha value is -4.08. The Morgan fingerprint density at radius 2 is 1.33 bits per heavy atom. The Balaban J connectivity index is 2.37. The number of amides is 1. The number of aromatic carboxylic acids is 2. The monoisotopic (exact) mass is 375 g/mol. The van der Waals surface area contributed by atoms with Gasteiger partial charge < -0.3 is 30.8 Å². The number of carboxylic acid groups (broad SMARTS) is 3. The van der Waals surface area contributed by atoms with Crippen molar-refractivity contribution in [2.24, 2.45) is 0 Å². The number of rotatable bonds is 6. The van der Waals surface area contributed by atoms with Crippen molar-refractivity contribution >= 4 is 29.5 Å². The summed E-state index contributed by atoms with van der Waals surface area (Å²) in [6.07, 6.45) is -0.579. The van der Waals surface area contributed by atoms with Crippen molar-refractivity contribution in [1.82, 2.24) is 0 Å². The van der Waals surface area contributed by atoms with Crippen LogP contribution in [0.5, 0.6) is 11.5 Å². The molecule has 0 spiro atoms. The second-order valence-corrected chi connectivity index (χ2v) is 5.43. The highest BCUT2D eigenvalue weighted by atomic mass is 16.4. The van der Waals surface area contributed by atoms with Gasteiger partial charge in [-0.1, -0.05) is 0 Å². The lowest BCUT2D eigenvalue weighted by molar-refractivity contribution is -0.136. The first-order chi connectivity index (χ1) is 12.6. The van der Waals surface area contributed by atoms with Crippen LogP contribution in [0.2, 0.25) is 0 Å². The Bertz CT molecular complexity index is 933. The van der Waals surface area contributed by atoms with E-state index in [9.17, 15) is 29.4 Å². The molecule has 2 aromatic carbocycles. The van der Waals surface area contributed by atoms with Crippen LogP contribution < -0.4 is 5.32 Å². The summed E-state index contributed by atoms with van der Waals surface area (Å²) in [7, 11) is 0. The lowest BCUT2D eigenvalue weighted by Gasteiger charge is -2.11. The molecule has 0 aliphatic rings. The molecule has 10 heteroatoms. The SMILES string of the molecule is O=C(O)Cc1cc(O)c(C(=O)Nc2cc(C(=O)O)cc(C(=O)O)c2)cc1O. The van der Waals surface area contributed by atoms with Crippen molar-refractivity contribution in [2.45, 2.75) is 6.42 Å². The van der Waals surface area contributed by atoms with Crippen molar-refractivity contribution in [3.05, 3.63) is 52.6 Å². The number of anilines is 1. The lowest BCUT2D eigenvalue weighted by atomic mass is 10.0. The Morgan fingerprint density at radius 1 is 0.778 bits per heavy atom. The fraction of sp³-hybridized carbons (Fsp3) is 0.0588. The maximum absolute atomic E-state index is 12.3. The highest BCUT2D eigenvalue weighted by Gasteiger charge is 2.18. The second-order valence-electron chi connectivity index (χ2n) is 5.43. The number of phenolic OH excluding ortho intramolecular Hbond substituents is 2. The van der Waals surface area contributed by atoms with Crippen molar-refractivity contribution in [2.75, 3.05) is 5.32 Å². The molecule has 0 fully saturated rings. The number of aromatic hydroxyl groups is 2. The van der Waals surface area contributed by atoms with E-state index in [1.807, 2.05) is 0 Å². The van der Waals surface area contributed by atoms with E-state index in [1.54, 1.807) is 0 Å². The van der Waals surface area contributed by atoms with Crippen molar-refractivity contribution < 1.29 is 44.7 Å². The third kappa shape index (κ3) is 4.51. The fourth-order valence-corrected chi connectivity index (χ4v) is 2.25. The van der Waals surface area contributed by atoms with Gasteiger partial charge in [-0.15, -0.1) is 0 Å². The fourth-order valence-electron chi connectivity index (χ4n) is 2.25. The van der Waals surface area contributed by atoms with Gasteiger partial charge >= 0.3 is 17.9 Å². The summed E-state index contributed by atoms with van der Waals surface area (Å²) >= 11 is 0. The van der Waals surface area contributed by atoms with Crippen molar-refractivity contribution in [1.29, 1.82) is 0 Å². The molecule has 0 aromatic heterocycles. The minimum atomic E-state index is -1.41. The van der Waals surface area contributed by atoms with Gasteiger partial charge in [0.2, 0.25) is 0 Å². The summed E-state index contributed by atoms with van der Waals surface area (Å²) in [5.41, 5.74) is -1.45. The first kappa shape index (κ1) is 19.2. The average molecular weight is 375 g/mol. The van der Waals surface area contributed by atoms with E-state index in [-0.39, 0.29) is 22.4 Å². The van der Waals surface area contributed by atoms with Gasteiger partial charge in [0.1, 0.15) is 11.5 Å². The Labute approximate surface area is 150 Å². The standard InChI is InChI=1S/C17H13NO9/c19-12-6-11(13(20)4-7(12)5-14(21)22)15(23)18-10-2-8(16(24)25)1-9(3-10)17(26)27/h1-4,6,19-20H,5H2,(H,18,23)(H,21,22)(H,24,25)(H,26,27). The number of carboxylic acids is 3. The first-order valence-corrected chi connectivity index (χ1v) is 7.28. The normalized spacial score (nSPS) is 10.2. The van der Waals surface area contributed by atoms with Gasteiger partial charge in [-0.25, -0.2) is 9.59 Å². The molecule has 140 valence electrons. The van der Waals surface area contributed by atoms with E-state index in [4.69, 9.17) is 15.3 Å². The minimum Gasteiger partial charge on any atom is -0.508 e. The zero-order valence-electron chi connectivity index (χ0n) is 13.5. The van der Waals surface area contributed by atoms with Crippen LogP contribution >= 0.6 is 0 Å². The summed E-state index contributed by atoms with van der Waals surface area (Å²) < 4.78 is 0. The molecular weight excluding hydrogens is 362 g/mol. The third-order valence-corrected chi connectivity index (χ3v) is 3.47. The van der Waals surface area contributed by atoms with Crippen LogP contribution in [0.15, 0.2) is 30.3 Å². The molecule has 0 heterocycles. The van der Waals surface area contributed by atoms with Gasteiger partial charge in [0.15, 0.2) is 0 Å². The van der Waals surface area contributed by atoms with Crippen LogP contribution in [0.1, 0.15) is 36.6 Å². The number of hydrogen-bond acceptors (Lipinski definition) is 6. The predicted octanol–water partition coefficient (Wildman–Crippen LogP) is 1.37. The maximum Gasteiger partial charge on any atom is 0.335 e. The summed E-state index contributed by atoms with van der Waals surface area (Å²) in [6.45, 7) is 0. The molecule has 6 N–H and O–H groups in total. The number of carbonyl (C=O) groups is 4. The van der Waals surface area contributed by atoms with Gasteiger partial charge in [0.05, 0.1) is 23.1 Å². The highest BCUT2D eigenvalue weighted by Crippen LogP contribution is 2.28. The zero-order chi connectivity index (χ0) is 20.3. The van der Waals surface area contributed by atoms with Crippen LogP contribution in [0.4, 0.5) is 5.69 Å². The summed E-state index contributed by atoms with van der Waals surface area (Å²) in [6, 6.07) is 4.70. The number of nitrogens with one attached hydrogen (secondary N) is 1. The number of hydrogen-bond donors (Lipinski definition) is 6. The summed E-state index contributed by atoms with van der Waals surface area (Å²) in [5.74, 6) is -6.20. The zero-order valence-corrected chi connectivity index (χ0v) is 13.5. The maximum atomic E-state index is 12.3. The largest absolute Gasteiger partial charge is 0.508 e. The van der Waals surface area contributed by atoms with E-state index in [1.165, 1.54) is 0 Å². The van der Waals surface area contributed by atoms with Gasteiger partial charge in [0.25, 0.3) is 5.91 Å². The van der Waals surface area contributed by atoms with E-state index < -0.39 is 47.3 Å². The number of phenols is 2. The van der Waals surface area contributed by atoms with Crippen molar-refractivity contribution in [3.63, 3.8) is 0 Å². The quantitative estimate of drug-likeness (QED) is 0.406. The number of aliphatic carboxylic acids is 1. The van der Waals surface area contributed by atoms with Crippen molar-refractivity contribution in [3.8, 4) is 11.5 Å². The predicted molar refractivity (Wildman–Crippen MR) is 89.4 cm³/mol. The Morgan fingerprint density at radius 3 is 1.81 bits per heavy atom. The van der Waals surface area contributed by atoms with Crippen LogP contribution in [-0.2, 0) is 11.2 Å². The molecule has 0 atom stereocenters. The molecule has 2 rings (SSSR count). The van der Waals surface area contributed by atoms with Gasteiger partial charge in [0, 0.05) is 11.3 Å². The molecule has 27 heavy (non-hydrogen) atoms. The molecule has 0 bridgehead atoms. The van der Waals surface area contributed by atoms with Gasteiger partial charge in [-0.05, 0) is 30.3 Å². The summed E-state index contributed by atoms with van der Waals surface area (Å²) in [5, 5.41) is 48.7. The second kappa shape index (κ2) is 7.44. The lowest BCUT2D eigenvalue weighted by Crippen LogP contribution is -2.14. The topological polar surface area (TPSA) is 181 Å². The molecule has 0 radical (unpaired) electrons. The van der Waals surface area contributed by atoms with E-state index in [0.717, 1.165) is 30.3 Å². The highest BCUT2D eigenvalue weighted by molar-refractivity contribution is 6.07. The molecule has 0 aliphatic carbocycles. The molecule has 10 nitrogen and oxygen atoms in total. The van der Waals surface area contributed by atoms with E-state index in [2.05, 4.69) is 5.32 Å². The Kier molecular flexibility index (Phi) is 5.30. The van der Waals surface area contributed by atoms with Gasteiger partial charge in [-0.2, -0.15) is 0 Å². The molecule has 0 unspecified atom stereocenters. The molecule has 0 saturated heterocycles. The summed E-state index contributed by atoms with van der Waals surface area (Å²) in [4.78, 5) is 45.2. The minimum absolute atomic E-state index is 0.113.